The van der Waals surface area contributed by atoms with Crippen molar-refractivity contribution in [3.8, 4) is 0 Å². The third kappa shape index (κ3) is 7.97. The molecule has 2 saturated heterocycles. The minimum Gasteiger partial charge on any atom is -0.444 e. The Kier molecular flexibility index (Phi) is 10.9. The number of nitrogens with zero attached hydrogens (tertiary/aromatic N) is 3. The lowest BCUT2D eigenvalue weighted by Gasteiger charge is -2.27. The smallest absolute Gasteiger partial charge is 0.410 e. The normalized spacial score (nSPS) is 29.7. The van der Waals surface area contributed by atoms with Crippen LogP contribution >= 0.6 is 0 Å². The largest absolute Gasteiger partial charge is 0.444 e. The first-order chi connectivity index (χ1) is 22.4. The van der Waals surface area contributed by atoms with Crippen LogP contribution in [0.3, 0.4) is 0 Å². The zero-order chi connectivity index (χ0) is 33.8. The van der Waals surface area contributed by atoms with Crippen LogP contribution in [0.2, 0.25) is 0 Å². The fourth-order valence-corrected chi connectivity index (χ4v) is 7.81. The number of hydrogen-bond donors (Lipinski definition) is 2. The summed E-state index contributed by atoms with van der Waals surface area (Å²) in [7, 11) is -2.75. The van der Waals surface area contributed by atoms with Crippen molar-refractivity contribution < 1.29 is 36.7 Å². The van der Waals surface area contributed by atoms with Gasteiger partial charge < -0.3 is 15.0 Å². The summed E-state index contributed by atoms with van der Waals surface area (Å²) in [6, 6.07) is 3.63. The number of hydrogen-bond acceptors (Lipinski definition) is 7. The number of carbonyl (C=O) groups is 4. The Morgan fingerprint density at radius 2 is 1.72 bits per heavy atom. The first-order valence-electron chi connectivity index (χ1n) is 16.7. The zero-order valence-electron chi connectivity index (χ0n) is 27.0. The lowest BCUT2D eigenvalue weighted by atomic mass is 10.1. The van der Waals surface area contributed by atoms with Crippen molar-refractivity contribution in [2.24, 2.45) is 5.92 Å². The number of nitrogens with one attached hydrogen (secondary N) is 2. The minimum atomic E-state index is -4.17. The molecule has 3 fully saturated rings. The second-order valence-corrected chi connectivity index (χ2v) is 15.0. The van der Waals surface area contributed by atoms with E-state index in [2.05, 4.69) is 16.6 Å². The molecule has 0 radical (unpaired) electrons. The molecule has 4 aliphatic rings. The lowest BCUT2D eigenvalue weighted by molar-refractivity contribution is -0.139. The highest BCUT2D eigenvalue weighted by Crippen LogP contribution is 2.45. The van der Waals surface area contributed by atoms with Crippen molar-refractivity contribution in [1.82, 2.24) is 24.1 Å². The lowest BCUT2D eigenvalue weighted by Crippen LogP contribution is -2.57. The summed E-state index contributed by atoms with van der Waals surface area (Å²) in [4.78, 5) is 56.7. The standard InChI is InChI=1S/C33H46FN5O7S/c1-3-24-19-33(24)31(42)36-47(44,45)37(2)17-12-10-8-6-4-5-7-9-11-16-29(40)39-21-25(18-28(39)30(41)35-33)46-32(43)38-20-23-14-13-15-27(34)26(23)22-38/h3,13-15,24-25,28H,1,4-12,16-22H2,2H3,(H,35,41)(H,36,42)/t24-,25-,28+,33-/m1/s1. The van der Waals surface area contributed by atoms with Gasteiger partial charge in [-0.15, -0.1) is 6.58 Å². The Morgan fingerprint density at radius 1 is 1.04 bits per heavy atom. The van der Waals surface area contributed by atoms with Gasteiger partial charge in [0, 0.05) is 44.5 Å². The molecule has 1 spiro atoms. The van der Waals surface area contributed by atoms with E-state index in [9.17, 15) is 32.0 Å². The van der Waals surface area contributed by atoms with Crippen LogP contribution in [0.15, 0.2) is 30.9 Å². The van der Waals surface area contributed by atoms with Gasteiger partial charge in [0.25, 0.3) is 5.91 Å². The predicted octanol–water partition coefficient (Wildman–Crippen LogP) is 3.52. The molecule has 0 bridgehead atoms. The van der Waals surface area contributed by atoms with E-state index in [4.69, 9.17) is 4.74 Å². The summed E-state index contributed by atoms with van der Waals surface area (Å²) >= 11 is 0. The van der Waals surface area contributed by atoms with Crippen molar-refractivity contribution in [3.05, 3.63) is 47.8 Å². The quantitative estimate of drug-likeness (QED) is 0.457. The van der Waals surface area contributed by atoms with Crippen LogP contribution < -0.4 is 10.0 Å². The van der Waals surface area contributed by atoms with Crippen molar-refractivity contribution in [3.63, 3.8) is 0 Å². The molecule has 0 aromatic heterocycles. The van der Waals surface area contributed by atoms with E-state index in [1.54, 1.807) is 12.1 Å². The van der Waals surface area contributed by atoms with Crippen molar-refractivity contribution in [2.45, 2.75) is 108 Å². The second kappa shape index (κ2) is 14.7. The van der Waals surface area contributed by atoms with Gasteiger partial charge in [-0.25, -0.2) is 13.9 Å². The van der Waals surface area contributed by atoms with Crippen molar-refractivity contribution in [2.75, 3.05) is 20.1 Å². The summed E-state index contributed by atoms with van der Waals surface area (Å²) in [5, 5.41) is 2.75. The molecule has 258 valence electrons. The Balaban J connectivity index is 1.31. The Labute approximate surface area is 276 Å². The molecule has 47 heavy (non-hydrogen) atoms. The summed E-state index contributed by atoms with van der Waals surface area (Å²) in [6.45, 7) is 4.23. The molecule has 3 heterocycles. The van der Waals surface area contributed by atoms with Crippen molar-refractivity contribution >= 4 is 34.0 Å². The van der Waals surface area contributed by atoms with E-state index in [0.717, 1.165) is 49.3 Å². The molecule has 2 N–H and O–H groups in total. The summed E-state index contributed by atoms with van der Waals surface area (Å²) in [6.07, 6.45) is 8.54. The third-order valence-electron chi connectivity index (χ3n) is 9.88. The summed E-state index contributed by atoms with van der Waals surface area (Å²) in [5.41, 5.74) is -0.418. The van der Waals surface area contributed by atoms with Gasteiger partial charge in [0.05, 0.1) is 13.1 Å². The first kappa shape index (κ1) is 34.8. The molecule has 5 rings (SSSR count). The topological polar surface area (TPSA) is 145 Å². The number of halogens is 1. The number of rotatable bonds is 2. The SMILES string of the molecule is C=C[C@@H]1C[C@@]12NC(=O)[C@@H]1C[C@@H](OC(=O)N3Cc4cccc(F)c4C3)CN1C(=O)CCCCCCCCCCCN(C)S(=O)(=O)NC2=O. The minimum absolute atomic E-state index is 0.00401. The van der Waals surface area contributed by atoms with Crippen LogP contribution in [0.1, 0.15) is 88.2 Å². The highest BCUT2D eigenvalue weighted by molar-refractivity contribution is 7.87. The summed E-state index contributed by atoms with van der Waals surface area (Å²) < 4.78 is 49.3. The average Bonchev–Trinajstić information content (AvgIpc) is 3.33. The molecule has 1 aromatic rings. The maximum atomic E-state index is 14.3. The first-order valence-corrected chi connectivity index (χ1v) is 18.1. The van der Waals surface area contributed by atoms with Gasteiger partial charge in [0.15, 0.2) is 0 Å². The van der Waals surface area contributed by atoms with Gasteiger partial charge >= 0.3 is 16.3 Å². The molecule has 1 aromatic carbocycles. The molecule has 4 amide bonds. The molecule has 12 nitrogen and oxygen atoms in total. The highest BCUT2D eigenvalue weighted by Gasteiger charge is 2.61. The van der Waals surface area contributed by atoms with E-state index in [-0.39, 0.29) is 51.3 Å². The van der Waals surface area contributed by atoms with Crippen LogP contribution in [0.5, 0.6) is 0 Å². The maximum Gasteiger partial charge on any atom is 0.410 e. The molecular weight excluding hydrogens is 629 g/mol. The van der Waals surface area contributed by atoms with Gasteiger partial charge in [-0.3, -0.25) is 19.3 Å². The van der Waals surface area contributed by atoms with Crippen molar-refractivity contribution in [1.29, 1.82) is 0 Å². The van der Waals surface area contributed by atoms with E-state index < -0.39 is 57.5 Å². The number of carbonyl (C=O) groups excluding carboxylic acids is 4. The van der Waals surface area contributed by atoms with Gasteiger partial charge in [0.2, 0.25) is 11.8 Å². The monoisotopic (exact) mass is 675 g/mol. The van der Waals surface area contributed by atoms with Crippen LogP contribution in [0.4, 0.5) is 9.18 Å². The number of benzene rings is 1. The number of fused-ring (bicyclic) bond motifs is 2. The third-order valence-corrected chi connectivity index (χ3v) is 11.3. The van der Waals surface area contributed by atoms with Crippen LogP contribution in [-0.2, 0) is 42.4 Å². The van der Waals surface area contributed by atoms with Gasteiger partial charge in [-0.2, -0.15) is 12.7 Å². The molecule has 4 atom stereocenters. The van der Waals surface area contributed by atoms with Gasteiger partial charge in [0.1, 0.15) is 23.5 Å². The molecule has 14 heteroatoms. The second-order valence-electron chi connectivity index (χ2n) is 13.2. The van der Waals surface area contributed by atoms with E-state index in [1.807, 2.05) is 0 Å². The Hall–Kier alpha value is -3.52. The highest BCUT2D eigenvalue weighted by atomic mass is 32.2. The van der Waals surface area contributed by atoms with Crippen LogP contribution in [0, 0.1) is 11.7 Å². The van der Waals surface area contributed by atoms with Gasteiger partial charge in [-0.05, 0) is 30.9 Å². The molecule has 1 aliphatic carbocycles. The fraction of sp³-hybridized carbons (Fsp3) is 0.636. The van der Waals surface area contributed by atoms with Crippen LogP contribution in [-0.4, -0.2) is 84.2 Å². The number of ether oxygens (including phenoxy) is 1. The van der Waals surface area contributed by atoms with Gasteiger partial charge in [-0.1, -0.05) is 63.2 Å². The zero-order valence-corrected chi connectivity index (χ0v) is 27.9. The van der Waals surface area contributed by atoms with E-state index in [1.165, 1.54) is 29.0 Å². The van der Waals surface area contributed by atoms with Crippen LogP contribution in [0.25, 0.3) is 0 Å². The molecule has 3 aliphatic heterocycles. The average molecular weight is 676 g/mol. The Bertz CT molecular complexity index is 1490. The Morgan fingerprint density at radius 3 is 2.38 bits per heavy atom. The molecular formula is C33H46FN5O7S. The predicted molar refractivity (Wildman–Crippen MR) is 171 cm³/mol. The summed E-state index contributed by atoms with van der Waals surface area (Å²) in [5.74, 6) is -2.67. The number of amides is 4. The van der Waals surface area contributed by atoms with E-state index in [0.29, 0.717) is 24.0 Å². The van der Waals surface area contributed by atoms with E-state index >= 15 is 0 Å². The molecule has 1 saturated carbocycles. The molecule has 0 unspecified atom stereocenters. The fourth-order valence-electron chi connectivity index (χ4n) is 6.87. The maximum absolute atomic E-state index is 14.3.